The van der Waals surface area contributed by atoms with Crippen molar-refractivity contribution in [3.63, 3.8) is 0 Å². The first-order valence-electron chi connectivity index (χ1n) is 9.02. The average Bonchev–Trinajstić information content (AvgIpc) is 2.73. The van der Waals surface area contributed by atoms with Gasteiger partial charge in [-0.25, -0.2) is 0 Å². The molecule has 0 fully saturated rings. The molecule has 5 heteroatoms. The molecule has 0 radical (unpaired) electrons. The highest BCUT2D eigenvalue weighted by molar-refractivity contribution is 6.05. The first-order valence-corrected chi connectivity index (χ1v) is 9.02. The minimum absolute atomic E-state index is 0.107. The summed E-state index contributed by atoms with van der Waals surface area (Å²) >= 11 is 0. The van der Waals surface area contributed by atoms with E-state index < -0.39 is 0 Å². The molecule has 5 nitrogen and oxygen atoms in total. The number of rotatable bonds is 7. The molecule has 0 aromatic heterocycles. The molecule has 0 bridgehead atoms. The number of carbonyl (C=O) groups excluding carboxylic acids is 1. The van der Waals surface area contributed by atoms with Crippen LogP contribution in [0.15, 0.2) is 66.7 Å². The predicted octanol–water partition coefficient (Wildman–Crippen LogP) is 4.88. The molecule has 0 aliphatic carbocycles. The van der Waals surface area contributed by atoms with E-state index in [1.54, 1.807) is 14.2 Å². The monoisotopic (exact) mass is 376 g/mol. The Bertz CT molecular complexity index is 952. The minimum Gasteiger partial charge on any atom is -0.493 e. The summed E-state index contributed by atoms with van der Waals surface area (Å²) in [6, 6.07) is 21.0. The Labute approximate surface area is 165 Å². The quantitative estimate of drug-likeness (QED) is 0.617. The van der Waals surface area contributed by atoms with Gasteiger partial charge in [-0.05, 0) is 60.5 Å². The third kappa shape index (κ3) is 4.62. The maximum absolute atomic E-state index is 12.4. The van der Waals surface area contributed by atoms with Crippen molar-refractivity contribution in [2.24, 2.45) is 0 Å². The molecular weight excluding hydrogens is 352 g/mol. The highest BCUT2D eigenvalue weighted by atomic mass is 16.5. The van der Waals surface area contributed by atoms with Gasteiger partial charge >= 0.3 is 0 Å². The van der Waals surface area contributed by atoms with Gasteiger partial charge in [0.2, 0.25) is 0 Å². The zero-order valence-corrected chi connectivity index (χ0v) is 16.3. The Balaban J connectivity index is 1.60. The Morgan fingerprint density at radius 2 is 1.54 bits per heavy atom. The van der Waals surface area contributed by atoms with Crippen LogP contribution in [0.2, 0.25) is 0 Å². The summed E-state index contributed by atoms with van der Waals surface area (Å²) in [6.45, 7) is 2.57. The number of carbonyl (C=O) groups is 1. The number of anilines is 2. The third-order valence-electron chi connectivity index (χ3n) is 4.48. The van der Waals surface area contributed by atoms with Gasteiger partial charge in [0.25, 0.3) is 5.91 Å². The normalized spacial score (nSPS) is 10.2. The number of nitrogens with one attached hydrogen (secondary N) is 2. The largest absolute Gasteiger partial charge is 0.493 e. The van der Waals surface area contributed by atoms with E-state index in [-0.39, 0.29) is 5.91 Å². The number of methoxy groups -OCH3 is 2. The third-order valence-corrected chi connectivity index (χ3v) is 4.48. The second-order valence-electron chi connectivity index (χ2n) is 6.39. The number of ether oxygens (including phenoxy) is 2. The SMILES string of the molecule is COc1ccc(CNc2ccc(NC(=O)c3ccccc3C)cc2)cc1OC. The van der Waals surface area contributed by atoms with Gasteiger partial charge in [0.05, 0.1) is 14.2 Å². The lowest BCUT2D eigenvalue weighted by molar-refractivity contribution is 0.102. The van der Waals surface area contributed by atoms with E-state index >= 15 is 0 Å². The molecule has 0 aliphatic rings. The van der Waals surface area contributed by atoms with Gasteiger partial charge in [-0.1, -0.05) is 24.3 Å². The Morgan fingerprint density at radius 1 is 0.857 bits per heavy atom. The second-order valence-corrected chi connectivity index (χ2v) is 6.39. The van der Waals surface area contributed by atoms with E-state index in [0.29, 0.717) is 23.6 Å². The lowest BCUT2D eigenvalue weighted by Crippen LogP contribution is -2.13. The molecule has 0 unspecified atom stereocenters. The van der Waals surface area contributed by atoms with Crippen molar-refractivity contribution in [2.75, 3.05) is 24.9 Å². The van der Waals surface area contributed by atoms with Crippen molar-refractivity contribution < 1.29 is 14.3 Å². The van der Waals surface area contributed by atoms with E-state index in [1.165, 1.54) is 0 Å². The second kappa shape index (κ2) is 8.95. The molecule has 0 aliphatic heterocycles. The fourth-order valence-electron chi connectivity index (χ4n) is 2.89. The van der Waals surface area contributed by atoms with Crippen molar-refractivity contribution in [3.8, 4) is 11.5 Å². The van der Waals surface area contributed by atoms with Gasteiger partial charge in [-0.3, -0.25) is 4.79 Å². The highest BCUT2D eigenvalue weighted by Gasteiger charge is 2.08. The van der Waals surface area contributed by atoms with Crippen LogP contribution in [0, 0.1) is 6.92 Å². The van der Waals surface area contributed by atoms with E-state index in [2.05, 4.69) is 10.6 Å². The van der Waals surface area contributed by atoms with Crippen molar-refractivity contribution >= 4 is 17.3 Å². The number of hydrogen-bond donors (Lipinski definition) is 2. The lowest BCUT2D eigenvalue weighted by atomic mass is 10.1. The average molecular weight is 376 g/mol. The molecule has 3 aromatic rings. The molecule has 1 amide bonds. The number of aryl methyl sites for hydroxylation is 1. The van der Waals surface area contributed by atoms with Gasteiger partial charge in [-0.15, -0.1) is 0 Å². The van der Waals surface area contributed by atoms with E-state index in [4.69, 9.17) is 9.47 Å². The molecule has 3 aromatic carbocycles. The predicted molar refractivity (Wildman–Crippen MR) is 112 cm³/mol. The summed E-state index contributed by atoms with van der Waals surface area (Å²) in [7, 11) is 3.24. The van der Waals surface area contributed by atoms with Gasteiger partial charge in [0.15, 0.2) is 11.5 Å². The van der Waals surface area contributed by atoms with Crippen molar-refractivity contribution in [1.82, 2.24) is 0 Å². The first-order chi connectivity index (χ1) is 13.6. The molecule has 3 rings (SSSR count). The van der Waals surface area contributed by atoms with E-state index in [1.807, 2.05) is 73.7 Å². The maximum Gasteiger partial charge on any atom is 0.255 e. The molecule has 0 spiro atoms. The minimum atomic E-state index is -0.107. The van der Waals surface area contributed by atoms with Gasteiger partial charge in [-0.2, -0.15) is 0 Å². The molecular formula is C23H24N2O3. The van der Waals surface area contributed by atoms with Gasteiger partial charge < -0.3 is 20.1 Å². The molecule has 0 saturated carbocycles. The van der Waals surface area contributed by atoms with Crippen molar-refractivity contribution in [3.05, 3.63) is 83.4 Å². The molecule has 144 valence electrons. The van der Waals surface area contributed by atoms with Crippen LogP contribution < -0.4 is 20.1 Å². The molecule has 0 atom stereocenters. The molecule has 0 heterocycles. The Kier molecular flexibility index (Phi) is 6.17. The fraction of sp³-hybridized carbons (Fsp3) is 0.174. The molecule has 0 saturated heterocycles. The summed E-state index contributed by atoms with van der Waals surface area (Å²) in [5, 5.41) is 6.29. The smallest absolute Gasteiger partial charge is 0.255 e. The van der Waals surface area contributed by atoms with Crippen LogP contribution in [0.25, 0.3) is 0 Å². The first kappa shape index (κ1) is 19.3. The van der Waals surface area contributed by atoms with Crippen molar-refractivity contribution in [1.29, 1.82) is 0 Å². The summed E-state index contributed by atoms with van der Waals surface area (Å²) in [5.41, 5.74) is 4.43. The Hall–Kier alpha value is -3.47. The zero-order valence-electron chi connectivity index (χ0n) is 16.3. The summed E-state index contributed by atoms with van der Waals surface area (Å²) in [4.78, 5) is 12.4. The van der Waals surface area contributed by atoms with Crippen molar-refractivity contribution in [2.45, 2.75) is 13.5 Å². The highest BCUT2D eigenvalue weighted by Crippen LogP contribution is 2.28. The lowest BCUT2D eigenvalue weighted by Gasteiger charge is -2.12. The zero-order chi connectivity index (χ0) is 19.9. The number of benzene rings is 3. The van der Waals surface area contributed by atoms with Gasteiger partial charge in [0, 0.05) is 23.5 Å². The summed E-state index contributed by atoms with van der Waals surface area (Å²) in [5.74, 6) is 1.31. The van der Waals surface area contributed by atoms with Crippen LogP contribution >= 0.6 is 0 Å². The molecule has 28 heavy (non-hydrogen) atoms. The van der Waals surface area contributed by atoms with Crippen LogP contribution in [-0.4, -0.2) is 20.1 Å². The maximum atomic E-state index is 12.4. The van der Waals surface area contributed by atoms with Gasteiger partial charge in [0.1, 0.15) is 0 Å². The topological polar surface area (TPSA) is 59.6 Å². The van der Waals surface area contributed by atoms with Crippen LogP contribution in [0.1, 0.15) is 21.5 Å². The summed E-state index contributed by atoms with van der Waals surface area (Å²) in [6.07, 6.45) is 0. The Morgan fingerprint density at radius 3 is 2.21 bits per heavy atom. The molecule has 2 N–H and O–H groups in total. The van der Waals surface area contributed by atoms with Crippen LogP contribution in [0.4, 0.5) is 11.4 Å². The van der Waals surface area contributed by atoms with Crippen LogP contribution in [-0.2, 0) is 6.54 Å². The standard InChI is InChI=1S/C23H24N2O3/c1-16-6-4-5-7-20(16)23(26)25-19-11-9-18(10-12-19)24-15-17-8-13-21(27-2)22(14-17)28-3/h4-14,24H,15H2,1-3H3,(H,25,26). The van der Waals surface area contributed by atoms with Crippen LogP contribution in [0.5, 0.6) is 11.5 Å². The number of amides is 1. The fourth-order valence-corrected chi connectivity index (χ4v) is 2.89. The number of hydrogen-bond acceptors (Lipinski definition) is 4. The van der Waals surface area contributed by atoms with E-state index in [0.717, 1.165) is 22.5 Å². The summed E-state index contributed by atoms with van der Waals surface area (Å²) < 4.78 is 10.6. The van der Waals surface area contributed by atoms with Crippen LogP contribution in [0.3, 0.4) is 0 Å². The van der Waals surface area contributed by atoms with E-state index in [9.17, 15) is 4.79 Å².